The molecular formula is C14H13NO4S. The molecule has 1 aromatic carbocycles. The Labute approximate surface area is 120 Å². The molecular weight excluding hydrogens is 278 g/mol. The predicted molar refractivity (Wildman–Crippen MR) is 75.8 cm³/mol. The second kappa shape index (κ2) is 6.81. The second-order valence-corrected chi connectivity index (χ2v) is 4.71. The van der Waals surface area contributed by atoms with Crippen LogP contribution in [0.25, 0.3) is 0 Å². The number of esters is 1. The van der Waals surface area contributed by atoms with Crippen molar-refractivity contribution in [2.45, 2.75) is 4.90 Å². The van der Waals surface area contributed by atoms with E-state index in [1.54, 1.807) is 23.9 Å². The van der Waals surface area contributed by atoms with Gasteiger partial charge in [0.1, 0.15) is 0 Å². The summed E-state index contributed by atoms with van der Waals surface area (Å²) in [6.07, 6.45) is 3.32. The smallest absolute Gasteiger partial charge is 0.374 e. The molecule has 0 unspecified atom stereocenters. The van der Waals surface area contributed by atoms with Crippen molar-refractivity contribution in [3.05, 3.63) is 48.4 Å². The summed E-state index contributed by atoms with van der Waals surface area (Å²) in [5.74, 6) is -0.992. The Balaban J connectivity index is 1.85. The van der Waals surface area contributed by atoms with Crippen LogP contribution < -0.4 is 5.32 Å². The number of carbonyl (C=O) groups is 2. The molecule has 0 fully saturated rings. The minimum Gasteiger partial charge on any atom is -0.457 e. The normalized spacial score (nSPS) is 10.1. The lowest BCUT2D eigenvalue weighted by atomic mass is 10.3. The van der Waals surface area contributed by atoms with Crippen LogP contribution in [0.4, 0.5) is 5.69 Å². The van der Waals surface area contributed by atoms with Gasteiger partial charge in [-0.15, -0.1) is 11.8 Å². The summed E-state index contributed by atoms with van der Waals surface area (Å²) < 4.78 is 9.69. The van der Waals surface area contributed by atoms with Crippen molar-refractivity contribution < 1.29 is 18.7 Å². The Kier molecular flexibility index (Phi) is 4.84. The number of furan rings is 1. The van der Waals surface area contributed by atoms with Gasteiger partial charge < -0.3 is 14.5 Å². The largest absolute Gasteiger partial charge is 0.457 e. The van der Waals surface area contributed by atoms with E-state index in [4.69, 9.17) is 9.15 Å². The summed E-state index contributed by atoms with van der Waals surface area (Å²) >= 11 is 1.58. The Hall–Kier alpha value is -2.21. The van der Waals surface area contributed by atoms with E-state index in [1.165, 1.54) is 12.3 Å². The molecule has 0 saturated carbocycles. The maximum absolute atomic E-state index is 11.7. The van der Waals surface area contributed by atoms with Crippen LogP contribution in [0, 0.1) is 0 Å². The number of amides is 1. The highest BCUT2D eigenvalue weighted by Crippen LogP contribution is 2.18. The quantitative estimate of drug-likeness (QED) is 0.677. The number of rotatable bonds is 5. The highest BCUT2D eigenvalue weighted by Gasteiger charge is 2.12. The first-order valence-electron chi connectivity index (χ1n) is 5.83. The Bertz CT molecular complexity index is 595. The third kappa shape index (κ3) is 3.89. The third-order valence-corrected chi connectivity index (χ3v) is 3.14. The molecule has 0 atom stereocenters. The molecule has 0 spiro atoms. The van der Waals surface area contributed by atoms with Crippen LogP contribution in [0.3, 0.4) is 0 Å². The van der Waals surface area contributed by atoms with Gasteiger partial charge >= 0.3 is 5.97 Å². The molecule has 104 valence electrons. The van der Waals surface area contributed by atoms with Crippen LogP contribution in [0.5, 0.6) is 0 Å². The molecule has 0 aliphatic rings. The number of ether oxygens (including phenoxy) is 1. The summed E-state index contributed by atoms with van der Waals surface area (Å²) in [7, 11) is 0. The first-order chi connectivity index (χ1) is 9.69. The highest BCUT2D eigenvalue weighted by molar-refractivity contribution is 7.98. The number of carbonyl (C=O) groups excluding carboxylic acids is 2. The fraction of sp³-hybridized carbons (Fsp3) is 0.143. The van der Waals surface area contributed by atoms with E-state index >= 15 is 0 Å². The van der Waals surface area contributed by atoms with Crippen molar-refractivity contribution in [2.75, 3.05) is 18.2 Å². The number of hydrogen-bond acceptors (Lipinski definition) is 5. The molecule has 5 nitrogen and oxygen atoms in total. The van der Waals surface area contributed by atoms with Crippen molar-refractivity contribution in [1.29, 1.82) is 0 Å². The molecule has 0 aliphatic carbocycles. The molecule has 0 aliphatic heterocycles. The highest BCUT2D eigenvalue weighted by atomic mass is 32.2. The molecule has 1 aromatic heterocycles. The first kappa shape index (κ1) is 14.2. The van der Waals surface area contributed by atoms with Crippen LogP contribution >= 0.6 is 11.8 Å². The van der Waals surface area contributed by atoms with Crippen LogP contribution in [-0.2, 0) is 9.53 Å². The van der Waals surface area contributed by atoms with Gasteiger partial charge in [-0.1, -0.05) is 6.07 Å². The van der Waals surface area contributed by atoms with Crippen LogP contribution in [0.1, 0.15) is 10.6 Å². The van der Waals surface area contributed by atoms with E-state index in [1.807, 2.05) is 24.5 Å². The molecule has 0 radical (unpaired) electrons. The third-order valence-electron chi connectivity index (χ3n) is 2.41. The second-order valence-electron chi connectivity index (χ2n) is 3.83. The molecule has 1 amide bonds. The Morgan fingerprint density at radius 3 is 2.85 bits per heavy atom. The molecule has 20 heavy (non-hydrogen) atoms. The van der Waals surface area contributed by atoms with Crippen molar-refractivity contribution in [2.24, 2.45) is 0 Å². The van der Waals surface area contributed by atoms with E-state index in [0.717, 1.165) is 4.90 Å². The number of benzene rings is 1. The van der Waals surface area contributed by atoms with E-state index in [2.05, 4.69) is 5.32 Å². The molecule has 2 rings (SSSR count). The molecule has 1 N–H and O–H groups in total. The lowest BCUT2D eigenvalue weighted by molar-refractivity contribution is -0.119. The average molecular weight is 291 g/mol. The maximum atomic E-state index is 11.7. The summed E-state index contributed by atoms with van der Waals surface area (Å²) in [6.45, 7) is -0.358. The van der Waals surface area contributed by atoms with Crippen molar-refractivity contribution >= 4 is 29.3 Å². The monoisotopic (exact) mass is 291 g/mol. The molecule has 2 aromatic rings. The molecule has 1 heterocycles. The number of hydrogen-bond donors (Lipinski definition) is 1. The SMILES string of the molecule is CSc1cccc(NC(=O)COC(=O)c2ccco2)c1. The van der Waals surface area contributed by atoms with E-state index in [0.29, 0.717) is 5.69 Å². The van der Waals surface area contributed by atoms with Gasteiger partial charge in [0, 0.05) is 10.6 Å². The lowest BCUT2D eigenvalue weighted by Crippen LogP contribution is -2.20. The van der Waals surface area contributed by atoms with Gasteiger partial charge in [-0.3, -0.25) is 4.79 Å². The summed E-state index contributed by atoms with van der Waals surface area (Å²) in [5, 5.41) is 2.66. The van der Waals surface area contributed by atoms with E-state index in [9.17, 15) is 9.59 Å². The van der Waals surface area contributed by atoms with Gasteiger partial charge in [-0.25, -0.2) is 4.79 Å². The number of nitrogens with one attached hydrogen (secondary N) is 1. The molecule has 0 bridgehead atoms. The Morgan fingerprint density at radius 1 is 1.30 bits per heavy atom. The summed E-state index contributed by atoms with van der Waals surface area (Å²) in [4.78, 5) is 24.2. The number of anilines is 1. The van der Waals surface area contributed by atoms with Crippen LogP contribution in [-0.4, -0.2) is 24.7 Å². The minimum absolute atomic E-state index is 0.0715. The Morgan fingerprint density at radius 2 is 2.15 bits per heavy atom. The zero-order valence-electron chi connectivity index (χ0n) is 10.8. The van der Waals surface area contributed by atoms with Crippen molar-refractivity contribution in [3.63, 3.8) is 0 Å². The lowest BCUT2D eigenvalue weighted by Gasteiger charge is -2.06. The average Bonchev–Trinajstić information content (AvgIpc) is 2.99. The van der Waals surface area contributed by atoms with Gasteiger partial charge in [-0.2, -0.15) is 0 Å². The fourth-order valence-electron chi connectivity index (χ4n) is 1.49. The predicted octanol–water partition coefficient (Wildman–Crippen LogP) is 2.80. The van der Waals surface area contributed by atoms with E-state index < -0.39 is 11.9 Å². The molecule has 0 saturated heterocycles. The van der Waals surface area contributed by atoms with Gasteiger partial charge in [0.05, 0.1) is 6.26 Å². The van der Waals surface area contributed by atoms with Gasteiger partial charge in [0.2, 0.25) is 5.76 Å². The standard InChI is InChI=1S/C14H13NO4S/c1-20-11-5-2-4-10(8-11)15-13(16)9-19-14(17)12-6-3-7-18-12/h2-8H,9H2,1H3,(H,15,16). The zero-order chi connectivity index (χ0) is 14.4. The minimum atomic E-state index is -0.664. The maximum Gasteiger partial charge on any atom is 0.374 e. The van der Waals surface area contributed by atoms with Crippen LogP contribution in [0.15, 0.2) is 52.0 Å². The summed E-state index contributed by atoms with van der Waals surface area (Å²) in [6, 6.07) is 10.4. The van der Waals surface area contributed by atoms with Gasteiger partial charge in [0.25, 0.3) is 5.91 Å². The number of thioether (sulfide) groups is 1. The zero-order valence-corrected chi connectivity index (χ0v) is 11.6. The van der Waals surface area contributed by atoms with Crippen molar-refractivity contribution in [3.8, 4) is 0 Å². The van der Waals surface area contributed by atoms with Gasteiger partial charge in [-0.05, 0) is 36.6 Å². The first-order valence-corrected chi connectivity index (χ1v) is 7.06. The summed E-state index contributed by atoms with van der Waals surface area (Å²) in [5.41, 5.74) is 0.663. The molecule has 6 heteroatoms. The van der Waals surface area contributed by atoms with Gasteiger partial charge in [0.15, 0.2) is 6.61 Å². The van der Waals surface area contributed by atoms with E-state index in [-0.39, 0.29) is 12.4 Å². The topological polar surface area (TPSA) is 68.5 Å². The van der Waals surface area contributed by atoms with Crippen LogP contribution in [0.2, 0.25) is 0 Å². The van der Waals surface area contributed by atoms with Crippen molar-refractivity contribution in [1.82, 2.24) is 0 Å². The fourth-order valence-corrected chi connectivity index (χ4v) is 1.95.